The second-order valence-electron chi connectivity index (χ2n) is 4.68. The van der Waals surface area contributed by atoms with Crippen LogP contribution in [0.5, 0.6) is 0 Å². The van der Waals surface area contributed by atoms with Gasteiger partial charge in [0.1, 0.15) is 0 Å². The van der Waals surface area contributed by atoms with Crippen molar-refractivity contribution in [3.8, 4) is 5.69 Å². The number of nitrogens with one attached hydrogen (secondary N) is 2. The molecule has 21 heavy (non-hydrogen) atoms. The van der Waals surface area contributed by atoms with Crippen molar-refractivity contribution in [3.63, 3.8) is 0 Å². The number of aromatic nitrogens is 2. The SMILES string of the molecule is Cl.Cl.O=C(NC1CCNC1)c1ccc(-n2ccnc2)cc1. The van der Waals surface area contributed by atoms with Gasteiger partial charge in [-0.2, -0.15) is 0 Å². The predicted octanol–water partition coefficient (Wildman–Crippen LogP) is 1.81. The number of carbonyl (C=O) groups excluding carboxylic acids is 1. The maximum absolute atomic E-state index is 12.0. The molecule has 1 saturated heterocycles. The van der Waals surface area contributed by atoms with E-state index in [1.165, 1.54) is 0 Å². The summed E-state index contributed by atoms with van der Waals surface area (Å²) >= 11 is 0. The first kappa shape index (κ1) is 17.5. The number of amides is 1. The van der Waals surface area contributed by atoms with E-state index in [1.54, 1.807) is 12.5 Å². The molecule has 0 aliphatic carbocycles. The normalized spacial score (nSPS) is 16.7. The van der Waals surface area contributed by atoms with Crippen molar-refractivity contribution in [2.24, 2.45) is 0 Å². The highest BCUT2D eigenvalue weighted by molar-refractivity contribution is 5.94. The average molecular weight is 329 g/mol. The summed E-state index contributed by atoms with van der Waals surface area (Å²) in [6.07, 6.45) is 6.34. The Kier molecular flexibility index (Phi) is 6.68. The maximum Gasteiger partial charge on any atom is 0.251 e. The van der Waals surface area contributed by atoms with Gasteiger partial charge in [0, 0.05) is 36.2 Å². The van der Waals surface area contributed by atoms with Gasteiger partial charge in [-0.1, -0.05) is 0 Å². The lowest BCUT2D eigenvalue weighted by atomic mass is 10.1. The zero-order valence-corrected chi connectivity index (χ0v) is 13.0. The molecule has 1 aliphatic heterocycles. The van der Waals surface area contributed by atoms with E-state index in [1.807, 2.05) is 35.0 Å². The number of hydrogen-bond donors (Lipinski definition) is 2. The molecule has 2 N–H and O–H groups in total. The second kappa shape index (κ2) is 8.02. The monoisotopic (exact) mass is 328 g/mol. The lowest BCUT2D eigenvalue weighted by molar-refractivity contribution is 0.0940. The molecule has 1 fully saturated rings. The molecule has 1 aliphatic rings. The van der Waals surface area contributed by atoms with Crippen LogP contribution in [0.1, 0.15) is 16.8 Å². The van der Waals surface area contributed by atoms with Crippen LogP contribution in [0.25, 0.3) is 5.69 Å². The minimum atomic E-state index is -0.00844. The Balaban J connectivity index is 0.00000110. The fourth-order valence-corrected chi connectivity index (χ4v) is 2.24. The van der Waals surface area contributed by atoms with Crippen LogP contribution in [-0.4, -0.2) is 34.6 Å². The van der Waals surface area contributed by atoms with Gasteiger partial charge >= 0.3 is 0 Å². The van der Waals surface area contributed by atoms with Gasteiger partial charge in [-0.15, -0.1) is 24.8 Å². The third kappa shape index (κ3) is 4.20. The van der Waals surface area contributed by atoms with Crippen LogP contribution >= 0.6 is 24.8 Å². The Hall–Kier alpha value is -1.56. The Morgan fingerprint density at radius 1 is 1.29 bits per heavy atom. The van der Waals surface area contributed by atoms with Crippen LogP contribution in [0.3, 0.4) is 0 Å². The molecule has 1 unspecified atom stereocenters. The van der Waals surface area contributed by atoms with Crippen LogP contribution in [0, 0.1) is 0 Å². The quantitative estimate of drug-likeness (QED) is 0.903. The van der Waals surface area contributed by atoms with Crippen molar-refractivity contribution in [1.82, 2.24) is 20.2 Å². The first-order valence-electron chi connectivity index (χ1n) is 6.43. The summed E-state index contributed by atoms with van der Waals surface area (Å²) in [4.78, 5) is 16.0. The summed E-state index contributed by atoms with van der Waals surface area (Å²) in [5.41, 5.74) is 1.69. The number of benzene rings is 1. The van der Waals surface area contributed by atoms with Gasteiger partial charge in [-0.3, -0.25) is 4.79 Å². The zero-order valence-electron chi connectivity index (χ0n) is 11.4. The van der Waals surface area contributed by atoms with Gasteiger partial charge in [0.15, 0.2) is 0 Å². The third-order valence-corrected chi connectivity index (χ3v) is 3.33. The minimum absolute atomic E-state index is 0. The van der Waals surface area contributed by atoms with E-state index < -0.39 is 0 Å². The Morgan fingerprint density at radius 2 is 2.05 bits per heavy atom. The van der Waals surface area contributed by atoms with E-state index in [0.29, 0.717) is 5.56 Å². The molecule has 1 amide bonds. The molecule has 7 heteroatoms. The molecule has 0 saturated carbocycles. The average Bonchev–Trinajstić information content (AvgIpc) is 3.12. The van der Waals surface area contributed by atoms with E-state index in [2.05, 4.69) is 15.6 Å². The van der Waals surface area contributed by atoms with Crippen molar-refractivity contribution in [2.75, 3.05) is 13.1 Å². The van der Waals surface area contributed by atoms with E-state index in [9.17, 15) is 4.79 Å². The van der Waals surface area contributed by atoms with E-state index >= 15 is 0 Å². The lowest BCUT2D eigenvalue weighted by Gasteiger charge is -2.11. The molecule has 3 rings (SSSR count). The molecule has 1 atom stereocenters. The Bertz CT molecular complexity index is 551. The smallest absolute Gasteiger partial charge is 0.251 e. The molecule has 114 valence electrons. The Morgan fingerprint density at radius 3 is 2.62 bits per heavy atom. The summed E-state index contributed by atoms with van der Waals surface area (Å²) in [6, 6.07) is 7.77. The van der Waals surface area contributed by atoms with Gasteiger partial charge in [0.25, 0.3) is 5.91 Å². The van der Waals surface area contributed by atoms with E-state index in [-0.39, 0.29) is 36.8 Å². The largest absolute Gasteiger partial charge is 0.348 e. The number of halogens is 2. The van der Waals surface area contributed by atoms with E-state index in [4.69, 9.17) is 0 Å². The highest BCUT2D eigenvalue weighted by Crippen LogP contribution is 2.10. The van der Waals surface area contributed by atoms with Crippen molar-refractivity contribution < 1.29 is 4.79 Å². The van der Waals surface area contributed by atoms with Crippen LogP contribution < -0.4 is 10.6 Å². The number of imidazole rings is 1. The van der Waals surface area contributed by atoms with Crippen molar-refractivity contribution in [2.45, 2.75) is 12.5 Å². The van der Waals surface area contributed by atoms with Gasteiger partial charge in [0.2, 0.25) is 0 Å². The van der Waals surface area contributed by atoms with Crippen molar-refractivity contribution >= 4 is 30.7 Å². The number of nitrogens with zero attached hydrogens (tertiary/aromatic N) is 2. The summed E-state index contributed by atoms with van der Waals surface area (Å²) in [5, 5.41) is 6.26. The Labute approximate surface area is 136 Å². The molecule has 0 bridgehead atoms. The highest BCUT2D eigenvalue weighted by Gasteiger charge is 2.17. The third-order valence-electron chi connectivity index (χ3n) is 3.33. The molecule has 0 radical (unpaired) electrons. The van der Waals surface area contributed by atoms with Gasteiger partial charge in [0.05, 0.1) is 6.33 Å². The van der Waals surface area contributed by atoms with Crippen LogP contribution in [0.4, 0.5) is 0 Å². The fourth-order valence-electron chi connectivity index (χ4n) is 2.24. The number of carbonyl (C=O) groups is 1. The van der Waals surface area contributed by atoms with Gasteiger partial charge < -0.3 is 15.2 Å². The van der Waals surface area contributed by atoms with Crippen LogP contribution in [0.2, 0.25) is 0 Å². The number of rotatable bonds is 3. The lowest BCUT2D eigenvalue weighted by Crippen LogP contribution is -2.36. The topological polar surface area (TPSA) is 59.0 Å². The zero-order chi connectivity index (χ0) is 13.1. The molecule has 1 aromatic carbocycles. The van der Waals surface area contributed by atoms with Gasteiger partial charge in [-0.05, 0) is 37.2 Å². The molecule has 0 spiro atoms. The fraction of sp³-hybridized carbons (Fsp3) is 0.286. The molecular weight excluding hydrogens is 311 g/mol. The first-order valence-corrected chi connectivity index (χ1v) is 6.43. The second-order valence-corrected chi connectivity index (χ2v) is 4.68. The maximum atomic E-state index is 12.0. The van der Waals surface area contributed by atoms with Crippen LogP contribution in [0.15, 0.2) is 43.0 Å². The molecular formula is C14H18Cl2N4O. The minimum Gasteiger partial charge on any atom is -0.348 e. The summed E-state index contributed by atoms with van der Waals surface area (Å²) in [7, 11) is 0. The van der Waals surface area contributed by atoms with Crippen molar-refractivity contribution in [1.29, 1.82) is 0 Å². The molecule has 1 aromatic heterocycles. The summed E-state index contributed by atoms with van der Waals surface area (Å²) in [5.74, 6) is -0.00844. The number of hydrogen-bond acceptors (Lipinski definition) is 3. The van der Waals surface area contributed by atoms with Crippen LogP contribution in [-0.2, 0) is 0 Å². The van der Waals surface area contributed by atoms with E-state index in [0.717, 1.165) is 25.2 Å². The van der Waals surface area contributed by atoms with Crippen molar-refractivity contribution in [3.05, 3.63) is 48.5 Å². The molecule has 2 aromatic rings. The predicted molar refractivity (Wildman–Crippen MR) is 86.8 cm³/mol. The summed E-state index contributed by atoms with van der Waals surface area (Å²) < 4.78 is 1.91. The standard InChI is InChI=1S/C14H16N4O.2ClH/c19-14(17-12-5-6-15-9-12)11-1-3-13(4-2-11)18-8-7-16-10-18;;/h1-4,7-8,10,12,15H,5-6,9H2,(H,17,19);2*1H. The first-order chi connectivity index (χ1) is 9.33. The molecule has 2 heterocycles. The van der Waals surface area contributed by atoms with Gasteiger partial charge in [-0.25, -0.2) is 4.98 Å². The summed E-state index contributed by atoms with van der Waals surface area (Å²) in [6.45, 7) is 1.84. The molecule has 5 nitrogen and oxygen atoms in total. The highest BCUT2D eigenvalue weighted by atomic mass is 35.5.